The Bertz CT molecular complexity index is 2310. The van der Waals surface area contributed by atoms with E-state index in [0.29, 0.717) is 33.3 Å². The Morgan fingerprint density at radius 3 is 2.58 bits per heavy atom. The number of rotatable bonds is 7. The molecule has 3 N–H and O–H groups in total. The van der Waals surface area contributed by atoms with Crippen molar-refractivity contribution in [3.63, 3.8) is 0 Å². The van der Waals surface area contributed by atoms with Gasteiger partial charge in [0.1, 0.15) is 5.56 Å². The number of nitrogens with one attached hydrogen (secondary N) is 3. The molecule has 2 aromatic carbocycles. The van der Waals surface area contributed by atoms with E-state index in [2.05, 4.69) is 41.8 Å². The van der Waals surface area contributed by atoms with E-state index in [4.69, 9.17) is 0 Å². The average Bonchev–Trinajstić information content (AvgIpc) is 3.62. The van der Waals surface area contributed by atoms with Gasteiger partial charge in [0.2, 0.25) is 0 Å². The molecule has 0 aliphatic rings. The number of fused-ring (bicyclic) bond motifs is 2. The van der Waals surface area contributed by atoms with Gasteiger partial charge >= 0.3 is 0 Å². The van der Waals surface area contributed by atoms with Crippen LogP contribution in [0.4, 0.5) is 5.82 Å². The summed E-state index contributed by atoms with van der Waals surface area (Å²) in [6.07, 6.45) is 6.46. The minimum absolute atomic E-state index is 0.0800. The van der Waals surface area contributed by atoms with E-state index >= 15 is 0 Å². The fourth-order valence-electron chi connectivity index (χ4n) is 4.96. The molecular formula is C31H27N9O4S. The Kier molecular flexibility index (Phi) is 7.63. The number of aryl methyl sites for hydroxylation is 1. The molecule has 14 heteroatoms. The normalized spacial score (nSPS) is 12.1. The number of hydrogen-bond acceptors (Lipinski definition) is 7. The maximum absolute atomic E-state index is 14.3. The number of amides is 1. The second-order valence-electron chi connectivity index (χ2n) is 10.1. The van der Waals surface area contributed by atoms with Crippen LogP contribution in [0.25, 0.3) is 22.1 Å². The van der Waals surface area contributed by atoms with Crippen molar-refractivity contribution in [1.82, 2.24) is 39.0 Å². The number of carbonyl (C=O) groups excluding carboxylic acids is 1. The lowest BCUT2D eigenvalue weighted by molar-refractivity contribution is 0.0941. The van der Waals surface area contributed by atoms with Crippen LogP contribution in [0.2, 0.25) is 0 Å². The zero-order valence-corrected chi connectivity index (χ0v) is 25.2. The van der Waals surface area contributed by atoms with Gasteiger partial charge in [-0.3, -0.25) is 23.6 Å². The first kappa shape index (κ1) is 29.3. The van der Waals surface area contributed by atoms with E-state index in [1.807, 2.05) is 36.4 Å². The number of anilines is 1. The van der Waals surface area contributed by atoms with Gasteiger partial charge in [-0.1, -0.05) is 42.2 Å². The van der Waals surface area contributed by atoms with Crippen LogP contribution < -0.4 is 20.3 Å². The highest BCUT2D eigenvalue weighted by Gasteiger charge is 2.26. The molecule has 0 fully saturated rings. The molecule has 0 radical (unpaired) electrons. The summed E-state index contributed by atoms with van der Waals surface area (Å²) in [4.78, 5) is 32.3. The van der Waals surface area contributed by atoms with E-state index in [-0.39, 0.29) is 22.6 Å². The molecule has 6 rings (SSSR count). The van der Waals surface area contributed by atoms with Gasteiger partial charge in [0, 0.05) is 49.6 Å². The van der Waals surface area contributed by atoms with Crippen LogP contribution in [0.1, 0.15) is 40.1 Å². The highest BCUT2D eigenvalue weighted by atomic mass is 32.2. The second kappa shape index (κ2) is 11.7. The summed E-state index contributed by atoms with van der Waals surface area (Å²) < 4.78 is 33.5. The van der Waals surface area contributed by atoms with Gasteiger partial charge in [-0.15, -0.1) is 5.10 Å². The Balaban J connectivity index is 1.46. The van der Waals surface area contributed by atoms with Gasteiger partial charge in [0.25, 0.3) is 21.7 Å². The maximum Gasteiger partial charge on any atom is 0.300 e. The van der Waals surface area contributed by atoms with Crippen LogP contribution in [0.3, 0.4) is 0 Å². The van der Waals surface area contributed by atoms with Gasteiger partial charge in [0.15, 0.2) is 11.5 Å². The van der Waals surface area contributed by atoms with E-state index < -0.39 is 22.2 Å². The summed E-state index contributed by atoms with van der Waals surface area (Å²) in [7, 11) is -0.965. The summed E-state index contributed by atoms with van der Waals surface area (Å²) in [5, 5.41) is 12.3. The Labute approximate surface area is 257 Å². The topological polar surface area (TPSA) is 157 Å². The van der Waals surface area contributed by atoms with Gasteiger partial charge < -0.3 is 5.32 Å². The van der Waals surface area contributed by atoms with Crippen molar-refractivity contribution in [2.24, 2.45) is 7.05 Å². The average molecular weight is 622 g/mol. The predicted octanol–water partition coefficient (Wildman–Crippen LogP) is 2.53. The molecule has 45 heavy (non-hydrogen) atoms. The number of benzene rings is 2. The van der Waals surface area contributed by atoms with Crippen molar-refractivity contribution in [3.8, 4) is 17.5 Å². The quantitative estimate of drug-likeness (QED) is 0.231. The molecule has 0 saturated heterocycles. The summed E-state index contributed by atoms with van der Waals surface area (Å²) in [6.45, 7) is 1.74. The molecule has 0 bridgehead atoms. The zero-order valence-electron chi connectivity index (χ0n) is 24.4. The maximum atomic E-state index is 14.3. The summed E-state index contributed by atoms with van der Waals surface area (Å²) >= 11 is 0. The molecule has 4 aromatic heterocycles. The van der Waals surface area contributed by atoms with Crippen molar-refractivity contribution < 1.29 is 13.2 Å². The molecule has 1 amide bonds. The first-order valence-corrected chi connectivity index (χ1v) is 15.2. The first-order chi connectivity index (χ1) is 21.6. The monoisotopic (exact) mass is 621 g/mol. The summed E-state index contributed by atoms with van der Waals surface area (Å²) in [6, 6.07) is 17.2. The van der Waals surface area contributed by atoms with Crippen LogP contribution in [-0.2, 0) is 17.3 Å². The molecule has 0 saturated carbocycles. The van der Waals surface area contributed by atoms with Crippen molar-refractivity contribution in [2.75, 3.05) is 11.8 Å². The molecule has 226 valence electrons. The molecular weight excluding hydrogens is 594 g/mol. The van der Waals surface area contributed by atoms with Gasteiger partial charge in [0.05, 0.1) is 23.2 Å². The third kappa shape index (κ3) is 5.77. The third-order valence-electron chi connectivity index (χ3n) is 7.05. The smallest absolute Gasteiger partial charge is 0.300 e. The highest BCUT2D eigenvalue weighted by molar-refractivity contribution is 7.90. The second-order valence-corrected chi connectivity index (χ2v) is 11.7. The van der Waals surface area contributed by atoms with E-state index in [9.17, 15) is 18.0 Å². The minimum atomic E-state index is -4.00. The predicted molar refractivity (Wildman–Crippen MR) is 169 cm³/mol. The summed E-state index contributed by atoms with van der Waals surface area (Å²) in [5.41, 5.74) is 2.10. The Hall–Kier alpha value is -5.78. The van der Waals surface area contributed by atoms with Gasteiger partial charge in [-0.05, 0) is 42.6 Å². The minimum Gasteiger partial charge on any atom is -0.344 e. The SMILES string of the molecule is CNS(=O)(=O)Nc1nn2cccnc2c1C(=O)N[C@H](C)c1cc2cccc(C#Cc3cnn(C)c3)c2c(=O)n1-c1ccccc1. The number of para-hydroxylation sites is 1. The van der Waals surface area contributed by atoms with Crippen molar-refractivity contribution in [1.29, 1.82) is 0 Å². The number of pyridine rings is 1. The number of carbonyl (C=O) groups is 1. The summed E-state index contributed by atoms with van der Waals surface area (Å²) in [5.74, 6) is 5.34. The molecule has 13 nitrogen and oxygen atoms in total. The molecule has 1 atom stereocenters. The van der Waals surface area contributed by atoms with Crippen LogP contribution in [-0.4, -0.2) is 50.3 Å². The van der Waals surface area contributed by atoms with Crippen LogP contribution in [0.5, 0.6) is 0 Å². The first-order valence-electron chi connectivity index (χ1n) is 13.8. The molecule has 6 aromatic rings. The van der Waals surface area contributed by atoms with E-state index in [1.165, 1.54) is 17.8 Å². The van der Waals surface area contributed by atoms with Crippen molar-refractivity contribution >= 4 is 38.4 Å². The third-order valence-corrected chi connectivity index (χ3v) is 8.05. The lowest BCUT2D eigenvalue weighted by atomic mass is 10.0. The van der Waals surface area contributed by atoms with Crippen LogP contribution in [0.15, 0.2) is 90.2 Å². The fourth-order valence-corrected chi connectivity index (χ4v) is 5.46. The highest BCUT2D eigenvalue weighted by Crippen LogP contribution is 2.25. The molecule has 0 aliphatic carbocycles. The van der Waals surface area contributed by atoms with E-state index in [0.717, 1.165) is 0 Å². The molecule has 4 heterocycles. The van der Waals surface area contributed by atoms with Crippen LogP contribution in [0, 0.1) is 11.8 Å². The van der Waals surface area contributed by atoms with Gasteiger partial charge in [-0.2, -0.15) is 13.5 Å². The Morgan fingerprint density at radius 2 is 1.84 bits per heavy atom. The Morgan fingerprint density at radius 1 is 1.04 bits per heavy atom. The van der Waals surface area contributed by atoms with Crippen molar-refractivity contribution in [3.05, 3.63) is 118 Å². The van der Waals surface area contributed by atoms with E-state index in [1.54, 1.807) is 66.1 Å². The number of nitrogens with zero attached hydrogens (tertiary/aromatic N) is 6. The molecule has 0 spiro atoms. The molecule has 0 unspecified atom stereocenters. The van der Waals surface area contributed by atoms with Crippen LogP contribution >= 0.6 is 0 Å². The number of aromatic nitrogens is 6. The fraction of sp³-hybridized carbons (Fsp3) is 0.129. The number of hydrogen-bond donors (Lipinski definition) is 3. The molecule has 0 aliphatic heterocycles. The zero-order chi connectivity index (χ0) is 31.7. The lowest BCUT2D eigenvalue weighted by Crippen LogP contribution is -2.33. The largest absolute Gasteiger partial charge is 0.344 e. The standard InChI is InChI=1S/C31H27N9O4S/c1-20(35-30(41)27-28(37-45(43,44)32-2)36-39-16-8-15-33-29(27)39)25-17-23-10-7-9-22(14-13-21-18-34-38(3)19-21)26(23)31(42)40(25)24-11-5-4-6-12-24/h4-12,15-20,32H,1-3H3,(H,35,41)(H,36,37)/t20-/m1/s1. The van der Waals surface area contributed by atoms with Crippen molar-refractivity contribution in [2.45, 2.75) is 13.0 Å². The lowest BCUT2D eigenvalue weighted by Gasteiger charge is -2.21. The van der Waals surface area contributed by atoms with Gasteiger partial charge in [-0.25, -0.2) is 14.2 Å².